The summed E-state index contributed by atoms with van der Waals surface area (Å²) in [5, 5.41) is 2.92. The number of unbranched alkanes of at least 4 members (excludes halogenated alkanes) is 2. The van der Waals surface area contributed by atoms with Gasteiger partial charge in [0.05, 0.1) is 13.2 Å². The van der Waals surface area contributed by atoms with E-state index in [0.717, 1.165) is 30.0 Å². The van der Waals surface area contributed by atoms with Crippen LogP contribution in [0.15, 0.2) is 48.5 Å². The van der Waals surface area contributed by atoms with Gasteiger partial charge in [0.1, 0.15) is 11.5 Å². The van der Waals surface area contributed by atoms with Gasteiger partial charge in [0, 0.05) is 17.3 Å². The number of anilines is 1. The Morgan fingerprint density at radius 1 is 0.963 bits per heavy atom. The van der Waals surface area contributed by atoms with E-state index in [2.05, 4.69) is 26.1 Å². The van der Waals surface area contributed by atoms with E-state index < -0.39 is 0 Å². The Morgan fingerprint density at radius 3 is 2.41 bits per heavy atom. The zero-order valence-electron chi connectivity index (χ0n) is 16.7. The average Bonchev–Trinajstić information content (AvgIpc) is 2.66. The number of carbonyl (C=O) groups excluding carboxylic acids is 1. The van der Waals surface area contributed by atoms with Gasteiger partial charge < -0.3 is 14.8 Å². The fraction of sp³-hybridized carbons (Fsp3) is 0.435. The summed E-state index contributed by atoms with van der Waals surface area (Å²) in [6.07, 6.45) is 4.39. The van der Waals surface area contributed by atoms with Crippen LogP contribution in [-0.4, -0.2) is 19.1 Å². The largest absolute Gasteiger partial charge is 0.494 e. The summed E-state index contributed by atoms with van der Waals surface area (Å²) in [7, 11) is 0. The fourth-order valence-electron chi connectivity index (χ4n) is 2.52. The van der Waals surface area contributed by atoms with Crippen LogP contribution in [0.2, 0.25) is 0 Å². The zero-order valence-corrected chi connectivity index (χ0v) is 16.7. The summed E-state index contributed by atoms with van der Waals surface area (Å²) in [5.74, 6) is 2.02. The van der Waals surface area contributed by atoms with Crippen molar-refractivity contribution in [3.63, 3.8) is 0 Å². The third kappa shape index (κ3) is 7.73. The van der Waals surface area contributed by atoms with Crippen molar-refractivity contribution < 1.29 is 14.3 Å². The monoisotopic (exact) mass is 369 g/mol. The van der Waals surface area contributed by atoms with Crippen molar-refractivity contribution in [1.29, 1.82) is 0 Å². The maximum absolute atomic E-state index is 12.4. The number of hydrogen-bond donors (Lipinski definition) is 1. The summed E-state index contributed by atoms with van der Waals surface area (Å²) in [4.78, 5) is 12.4. The van der Waals surface area contributed by atoms with Crippen LogP contribution < -0.4 is 14.8 Å². The standard InChI is InChI=1S/C23H31NO3/c1-4-5-6-15-26-21-12-10-19(11-13-21)23(25)24-20-8-7-9-22(17-20)27-16-14-18(2)3/h7-13,17-18H,4-6,14-16H2,1-3H3,(H,24,25). The number of ether oxygens (including phenoxy) is 2. The number of carbonyl (C=O) groups is 1. The molecule has 0 spiro atoms. The van der Waals surface area contributed by atoms with Crippen LogP contribution in [-0.2, 0) is 0 Å². The molecule has 0 aliphatic carbocycles. The van der Waals surface area contributed by atoms with Gasteiger partial charge in [-0.25, -0.2) is 0 Å². The molecule has 27 heavy (non-hydrogen) atoms. The van der Waals surface area contributed by atoms with Crippen molar-refractivity contribution >= 4 is 11.6 Å². The van der Waals surface area contributed by atoms with Gasteiger partial charge in [-0.2, -0.15) is 0 Å². The van der Waals surface area contributed by atoms with E-state index >= 15 is 0 Å². The summed E-state index contributed by atoms with van der Waals surface area (Å²) < 4.78 is 11.4. The Labute approximate surface area is 162 Å². The van der Waals surface area contributed by atoms with Gasteiger partial charge in [-0.1, -0.05) is 39.7 Å². The summed E-state index contributed by atoms with van der Waals surface area (Å²) in [6, 6.07) is 14.7. The van der Waals surface area contributed by atoms with E-state index in [1.165, 1.54) is 12.8 Å². The summed E-state index contributed by atoms with van der Waals surface area (Å²) in [5.41, 5.74) is 1.32. The topological polar surface area (TPSA) is 47.6 Å². The molecule has 0 atom stereocenters. The molecule has 0 aliphatic rings. The molecule has 2 aromatic rings. The minimum absolute atomic E-state index is 0.146. The molecule has 1 amide bonds. The minimum atomic E-state index is -0.146. The van der Waals surface area contributed by atoms with Gasteiger partial charge in [0.25, 0.3) is 5.91 Å². The highest BCUT2D eigenvalue weighted by Crippen LogP contribution is 2.19. The van der Waals surface area contributed by atoms with E-state index in [1.807, 2.05) is 36.4 Å². The van der Waals surface area contributed by atoms with E-state index in [0.29, 0.717) is 24.7 Å². The molecule has 4 heteroatoms. The van der Waals surface area contributed by atoms with Crippen LogP contribution in [0.5, 0.6) is 11.5 Å². The Morgan fingerprint density at radius 2 is 1.70 bits per heavy atom. The maximum atomic E-state index is 12.4. The van der Waals surface area contributed by atoms with Crippen LogP contribution >= 0.6 is 0 Å². The second-order valence-electron chi connectivity index (χ2n) is 7.09. The van der Waals surface area contributed by atoms with Gasteiger partial charge >= 0.3 is 0 Å². The highest BCUT2D eigenvalue weighted by Gasteiger charge is 2.07. The number of benzene rings is 2. The highest BCUT2D eigenvalue weighted by atomic mass is 16.5. The van der Waals surface area contributed by atoms with Gasteiger partial charge in [-0.05, 0) is 55.2 Å². The smallest absolute Gasteiger partial charge is 0.255 e. The number of amides is 1. The quantitative estimate of drug-likeness (QED) is 0.499. The van der Waals surface area contributed by atoms with Crippen LogP contribution in [0, 0.1) is 5.92 Å². The summed E-state index contributed by atoms with van der Waals surface area (Å²) in [6.45, 7) is 7.89. The minimum Gasteiger partial charge on any atom is -0.494 e. The molecule has 0 fully saturated rings. The van der Waals surface area contributed by atoms with Crippen molar-refractivity contribution in [3.8, 4) is 11.5 Å². The first kappa shape index (κ1) is 20.8. The lowest BCUT2D eigenvalue weighted by molar-refractivity contribution is 0.102. The predicted octanol–water partition coefficient (Wildman–Crippen LogP) is 5.93. The fourth-order valence-corrected chi connectivity index (χ4v) is 2.52. The second kappa shape index (κ2) is 11.3. The first-order valence-electron chi connectivity index (χ1n) is 9.85. The Hall–Kier alpha value is -2.49. The lowest BCUT2D eigenvalue weighted by Gasteiger charge is -2.11. The molecule has 0 unspecified atom stereocenters. The molecule has 0 aliphatic heterocycles. The van der Waals surface area contributed by atoms with Crippen molar-refractivity contribution in [2.24, 2.45) is 5.92 Å². The third-order valence-corrected chi connectivity index (χ3v) is 4.19. The number of hydrogen-bond acceptors (Lipinski definition) is 3. The molecule has 0 heterocycles. The molecule has 0 radical (unpaired) electrons. The molecule has 0 saturated heterocycles. The predicted molar refractivity (Wildman–Crippen MR) is 111 cm³/mol. The zero-order chi connectivity index (χ0) is 19.5. The summed E-state index contributed by atoms with van der Waals surface area (Å²) >= 11 is 0. The first-order chi connectivity index (χ1) is 13.1. The lowest BCUT2D eigenvalue weighted by atomic mass is 10.1. The average molecular weight is 370 g/mol. The van der Waals surface area contributed by atoms with E-state index in [1.54, 1.807) is 12.1 Å². The van der Waals surface area contributed by atoms with E-state index in [4.69, 9.17) is 9.47 Å². The molecule has 0 aromatic heterocycles. The Bertz CT molecular complexity index is 695. The van der Waals surface area contributed by atoms with E-state index in [-0.39, 0.29) is 5.91 Å². The molecule has 146 valence electrons. The van der Waals surface area contributed by atoms with Crippen molar-refractivity contribution in [2.45, 2.75) is 46.5 Å². The van der Waals surface area contributed by atoms with Crippen LogP contribution in [0.4, 0.5) is 5.69 Å². The van der Waals surface area contributed by atoms with Crippen LogP contribution in [0.1, 0.15) is 56.8 Å². The van der Waals surface area contributed by atoms with Gasteiger partial charge in [-0.15, -0.1) is 0 Å². The molecule has 2 rings (SSSR count). The third-order valence-electron chi connectivity index (χ3n) is 4.19. The normalized spacial score (nSPS) is 10.7. The van der Waals surface area contributed by atoms with Crippen LogP contribution in [0.25, 0.3) is 0 Å². The molecular weight excluding hydrogens is 338 g/mol. The molecule has 1 N–H and O–H groups in total. The SMILES string of the molecule is CCCCCOc1ccc(C(=O)Nc2cccc(OCCC(C)C)c2)cc1. The van der Waals surface area contributed by atoms with Crippen LogP contribution in [0.3, 0.4) is 0 Å². The molecule has 0 bridgehead atoms. The van der Waals surface area contributed by atoms with Gasteiger partial charge in [-0.3, -0.25) is 4.79 Å². The molecule has 0 saturated carbocycles. The number of rotatable bonds is 11. The Balaban J connectivity index is 1.87. The highest BCUT2D eigenvalue weighted by molar-refractivity contribution is 6.04. The molecular formula is C23H31NO3. The van der Waals surface area contributed by atoms with Crippen molar-refractivity contribution in [3.05, 3.63) is 54.1 Å². The first-order valence-corrected chi connectivity index (χ1v) is 9.85. The second-order valence-corrected chi connectivity index (χ2v) is 7.09. The van der Waals surface area contributed by atoms with E-state index in [9.17, 15) is 4.79 Å². The molecule has 4 nitrogen and oxygen atoms in total. The van der Waals surface area contributed by atoms with Gasteiger partial charge in [0.15, 0.2) is 0 Å². The Kier molecular flexibility index (Phi) is 8.69. The van der Waals surface area contributed by atoms with Crippen molar-refractivity contribution in [2.75, 3.05) is 18.5 Å². The molecule has 2 aromatic carbocycles. The maximum Gasteiger partial charge on any atom is 0.255 e. The lowest BCUT2D eigenvalue weighted by Crippen LogP contribution is -2.12. The number of nitrogens with one attached hydrogen (secondary N) is 1. The van der Waals surface area contributed by atoms with Crippen molar-refractivity contribution in [1.82, 2.24) is 0 Å². The van der Waals surface area contributed by atoms with Gasteiger partial charge in [0.2, 0.25) is 0 Å².